The molecule has 106 valence electrons. The number of hydrogen-bond acceptors (Lipinski definition) is 5. The molecule has 3 rings (SSSR count). The summed E-state index contributed by atoms with van der Waals surface area (Å²) >= 11 is 3.34. The summed E-state index contributed by atoms with van der Waals surface area (Å²) in [5.41, 5.74) is 0.614. The van der Waals surface area contributed by atoms with Crippen molar-refractivity contribution in [2.24, 2.45) is 0 Å². The number of halogens is 1. The fraction of sp³-hybridized carbons (Fsp3) is 0.417. The number of nitrogens with zero attached hydrogens (tertiary/aromatic N) is 4. The molecule has 2 aromatic heterocycles. The third kappa shape index (κ3) is 2.54. The van der Waals surface area contributed by atoms with Crippen molar-refractivity contribution in [2.75, 3.05) is 26.3 Å². The Morgan fingerprint density at radius 2 is 2.40 bits per heavy atom. The van der Waals surface area contributed by atoms with Gasteiger partial charge < -0.3 is 14.7 Å². The van der Waals surface area contributed by atoms with Gasteiger partial charge in [0.2, 0.25) is 5.82 Å². The molecule has 1 saturated heterocycles. The minimum atomic E-state index is -0.334. The van der Waals surface area contributed by atoms with E-state index >= 15 is 0 Å². The van der Waals surface area contributed by atoms with Crippen molar-refractivity contribution in [3.05, 3.63) is 28.6 Å². The Morgan fingerprint density at radius 1 is 1.55 bits per heavy atom. The van der Waals surface area contributed by atoms with Crippen LogP contribution in [0.4, 0.5) is 0 Å². The van der Waals surface area contributed by atoms with Crippen molar-refractivity contribution in [1.29, 1.82) is 0 Å². The predicted octanol–water partition coefficient (Wildman–Crippen LogP) is 0.325. The van der Waals surface area contributed by atoms with Crippen LogP contribution in [0.1, 0.15) is 10.6 Å². The first-order chi connectivity index (χ1) is 9.67. The van der Waals surface area contributed by atoms with Crippen LogP contribution >= 0.6 is 15.9 Å². The van der Waals surface area contributed by atoms with E-state index in [1.807, 2.05) is 6.07 Å². The van der Waals surface area contributed by atoms with Gasteiger partial charge >= 0.3 is 0 Å². The van der Waals surface area contributed by atoms with Crippen molar-refractivity contribution in [3.8, 4) is 0 Å². The van der Waals surface area contributed by atoms with Crippen LogP contribution in [0.2, 0.25) is 0 Å². The highest BCUT2D eigenvalue weighted by molar-refractivity contribution is 9.10. The summed E-state index contributed by atoms with van der Waals surface area (Å²) in [6.45, 7) is 1.15. The second-order valence-corrected chi connectivity index (χ2v) is 5.43. The first kappa shape index (κ1) is 13.5. The Kier molecular flexibility index (Phi) is 3.68. The molecule has 1 amide bonds. The maximum atomic E-state index is 12.4. The Balaban J connectivity index is 1.84. The molecule has 1 atom stereocenters. The smallest absolute Gasteiger partial charge is 0.293 e. The molecule has 2 aromatic rings. The summed E-state index contributed by atoms with van der Waals surface area (Å²) in [4.78, 5) is 18.2. The Bertz CT molecular complexity index is 645. The number of hydrogen-bond donors (Lipinski definition) is 1. The average Bonchev–Trinajstić information content (AvgIpc) is 2.89. The molecular formula is C12H13BrN4O3. The molecule has 1 unspecified atom stereocenters. The van der Waals surface area contributed by atoms with E-state index < -0.39 is 0 Å². The predicted molar refractivity (Wildman–Crippen MR) is 73.4 cm³/mol. The van der Waals surface area contributed by atoms with Gasteiger partial charge in [-0.05, 0) is 28.1 Å². The first-order valence-corrected chi connectivity index (χ1v) is 7.00. The minimum absolute atomic E-state index is 0.102. The third-order valence-corrected chi connectivity index (χ3v) is 3.58. The largest absolute Gasteiger partial charge is 0.394 e. The zero-order chi connectivity index (χ0) is 14.1. The lowest BCUT2D eigenvalue weighted by molar-refractivity contribution is -0.0450. The number of amides is 1. The van der Waals surface area contributed by atoms with E-state index in [9.17, 15) is 4.79 Å². The molecule has 0 aliphatic carbocycles. The average molecular weight is 341 g/mol. The van der Waals surface area contributed by atoms with Crippen molar-refractivity contribution >= 4 is 27.5 Å². The molecule has 0 bridgehead atoms. The second kappa shape index (κ2) is 5.47. The summed E-state index contributed by atoms with van der Waals surface area (Å²) in [5.74, 6) is -0.0896. The zero-order valence-corrected chi connectivity index (χ0v) is 12.2. The highest BCUT2D eigenvalue weighted by atomic mass is 79.9. The minimum Gasteiger partial charge on any atom is -0.394 e. The highest BCUT2D eigenvalue weighted by Crippen LogP contribution is 2.13. The number of rotatable bonds is 2. The maximum absolute atomic E-state index is 12.4. The molecule has 3 heterocycles. The van der Waals surface area contributed by atoms with Crippen LogP contribution in [0, 0.1) is 0 Å². The highest BCUT2D eigenvalue weighted by Gasteiger charge is 2.27. The monoisotopic (exact) mass is 340 g/mol. The van der Waals surface area contributed by atoms with Crippen LogP contribution in [-0.4, -0.2) is 62.9 Å². The molecule has 0 saturated carbocycles. The summed E-state index contributed by atoms with van der Waals surface area (Å²) in [7, 11) is 0. The molecule has 1 N–H and O–H groups in total. The first-order valence-electron chi connectivity index (χ1n) is 6.21. The SMILES string of the molecule is O=C(c1nc2ccc(Br)cn2n1)N1CCOC(CO)C1. The van der Waals surface area contributed by atoms with E-state index in [4.69, 9.17) is 9.84 Å². The lowest BCUT2D eigenvalue weighted by Crippen LogP contribution is -2.47. The molecule has 1 fully saturated rings. The summed E-state index contributed by atoms with van der Waals surface area (Å²) in [6.07, 6.45) is 1.41. The van der Waals surface area contributed by atoms with E-state index in [2.05, 4.69) is 26.0 Å². The lowest BCUT2D eigenvalue weighted by Gasteiger charge is -2.31. The Labute approximate surface area is 123 Å². The fourth-order valence-corrected chi connectivity index (χ4v) is 2.43. The van der Waals surface area contributed by atoms with Gasteiger partial charge in [-0.25, -0.2) is 9.50 Å². The fourth-order valence-electron chi connectivity index (χ4n) is 2.10. The van der Waals surface area contributed by atoms with Crippen LogP contribution in [0.3, 0.4) is 0 Å². The molecule has 7 nitrogen and oxygen atoms in total. The van der Waals surface area contributed by atoms with Crippen molar-refractivity contribution in [1.82, 2.24) is 19.5 Å². The summed E-state index contributed by atoms with van der Waals surface area (Å²) in [5, 5.41) is 13.3. The van der Waals surface area contributed by atoms with Crippen LogP contribution < -0.4 is 0 Å². The second-order valence-electron chi connectivity index (χ2n) is 4.51. The van der Waals surface area contributed by atoms with Gasteiger partial charge in [0.1, 0.15) is 0 Å². The number of aromatic nitrogens is 3. The van der Waals surface area contributed by atoms with Gasteiger partial charge in [0.05, 0.1) is 19.3 Å². The van der Waals surface area contributed by atoms with Gasteiger partial charge in [0.25, 0.3) is 5.91 Å². The number of ether oxygens (including phenoxy) is 1. The molecule has 0 aromatic carbocycles. The maximum Gasteiger partial charge on any atom is 0.293 e. The van der Waals surface area contributed by atoms with Crippen LogP contribution in [0.15, 0.2) is 22.8 Å². The number of pyridine rings is 1. The van der Waals surface area contributed by atoms with E-state index in [1.54, 1.807) is 21.7 Å². The van der Waals surface area contributed by atoms with Gasteiger partial charge in [-0.3, -0.25) is 4.79 Å². The molecule has 1 aliphatic rings. The van der Waals surface area contributed by atoms with E-state index in [-0.39, 0.29) is 24.4 Å². The molecule has 20 heavy (non-hydrogen) atoms. The quantitative estimate of drug-likeness (QED) is 0.851. The number of aliphatic hydroxyl groups is 1. The summed E-state index contributed by atoms with van der Waals surface area (Å²) < 4.78 is 7.74. The van der Waals surface area contributed by atoms with Crippen LogP contribution in [0.25, 0.3) is 5.65 Å². The van der Waals surface area contributed by atoms with Gasteiger partial charge in [-0.2, -0.15) is 0 Å². The van der Waals surface area contributed by atoms with E-state index in [1.165, 1.54) is 0 Å². The van der Waals surface area contributed by atoms with Crippen LogP contribution in [0.5, 0.6) is 0 Å². The number of fused-ring (bicyclic) bond motifs is 1. The molecule has 0 radical (unpaired) electrons. The zero-order valence-electron chi connectivity index (χ0n) is 10.6. The molecule has 0 spiro atoms. The van der Waals surface area contributed by atoms with E-state index in [0.29, 0.717) is 25.3 Å². The van der Waals surface area contributed by atoms with Crippen LogP contribution in [-0.2, 0) is 4.74 Å². The normalized spacial score (nSPS) is 19.5. The number of aliphatic hydroxyl groups excluding tert-OH is 1. The standard InChI is InChI=1S/C12H13BrN4O3/c13-8-1-2-10-14-11(15-17(10)5-8)12(19)16-3-4-20-9(6-16)7-18/h1-2,5,9,18H,3-4,6-7H2. The third-order valence-electron chi connectivity index (χ3n) is 3.12. The Hall–Kier alpha value is -1.51. The van der Waals surface area contributed by atoms with Crippen molar-refractivity contribution in [3.63, 3.8) is 0 Å². The number of morpholine rings is 1. The van der Waals surface area contributed by atoms with Crippen molar-refractivity contribution in [2.45, 2.75) is 6.10 Å². The molecule has 8 heteroatoms. The lowest BCUT2D eigenvalue weighted by atomic mass is 10.3. The topological polar surface area (TPSA) is 80.0 Å². The molecular weight excluding hydrogens is 328 g/mol. The van der Waals surface area contributed by atoms with Crippen molar-refractivity contribution < 1.29 is 14.6 Å². The van der Waals surface area contributed by atoms with Gasteiger partial charge in [0, 0.05) is 23.8 Å². The number of carbonyl (C=O) groups excluding carboxylic acids is 1. The number of carbonyl (C=O) groups is 1. The Morgan fingerprint density at radius 3 is 3.20 bits per heavy atom. The molecule has 1 aliphatic heterocycles. The van der Waals surface area contributed by atoms with Gasteiger partial charge in [-0.15, -0.1) is 5.10 Å². The van der Waals surface area contributed by atoms with Gasteiger partial charge in [-0.1, -0.05) is 0 Å². The van der Waals surface area contributed by atoms with Gasteiger partial charge in [0.15, 0.2) is 5.65 Å². The summed E-state index contributed by atoms with van der Waals surface area (Å²) in [6, 6.07) is 3.62. The van der Waals surface area contributed by atoms with E-state index in [0.717, 1.165) is 4.47 Å².